The van der Waals surface area contributed by atoms with Crippen LogP contribution in [0.2, 0.25) is 0 Å². The summed E-state index contributed by atoms with van der Waals surface area (Å²) in [7, 11) is 1.60. The molecule has 0 bridgehead atoms. The monoisotopic (exact) mass is 508 g/mol. The molecule has 2 heterocycles. The number of nitrogens with zero attached hydrogens (tertiary/aromatic N) is 1. The fraction of sp³-hybridized carbons (Fsp3) is 0.536. The third kappa shape index (κ3) is 5.17. The molecule has 0 radical (unpaired) electrons. The van der Waals surface area contributed by atoms with E-state index in [1.165, 1.54) is 13.8 Å². The number of amides is 3. The minimum absolute atomic E-state index is 0.184. The van der Waals surface area contributed by atoms with Gasteiger partial charge in [-0.3, -0.25) is 24.0 Å². The minimum Gasteiger partial charge on any atom is -0.384 e. The van der Waals surface area contributed by atoms with Crippen molar-refractivity contribution in [3.05, 3.63) is 47.7 Å². The number of benzene rings is 1. The Labute approximate surface area is 217 Å². The van der Waals surface area contributed by atoms with E-state index >= 15 is 0 Å². The number of likely N-dealkylation sites (N-methyl/N-ethyl adjacent to an activating group) is 1. The van der Waals surface area contributed by atoms with E-state index < -0.39 is 23.9 Å². The third-order valence-corrected chi connectivity index (χ3v) is 8.17. The Kier molecular flexibility index (Phi) is 7.52. The fourth-order valence-corrected chi connectivity index (χ4v) is 6.21. The molecule has 37 heavy (non-hydrogen) atoms. The Morgan fingerprint density at radius 2 is 1.86 bits per heavy atom. The van der Waals surface area contributed by atoms with Gasteiger partial charge in [-0.25, -0.2) is 0 Å². The molecule has 1 aromatic rings. The molecule has 4 rings (SSSR count). The van der Waals surface area contributed by atoms with E-state index in [-0.39, 0.29) is 41.2 Å². The molecule has 1 spiro atoms. The lowest BCUT2D eigenvalue weighted by Crippen LogP contribution is -2.57. The van der Waals surface area contributed by atoms with Gasteiger partial charge in [0.1, 0.15) is 29.6 Å². The van der Waals surface area contributed by atoms with Crippen LogP contribution < -0.4 is 16.0 Å². The van der Waals surface area contributed by atoms with Crippen molar-refractivity contribution in [2.45, 2.75) is 82.5 Å². The first-order valence-corrected chi connectivity index (χ1v) is 13.0. The third-order valence-electron chi connectivity index (χ3n) is 8.17. The van der Waals surface area contributed by atoms with E-state index in [0.29, 0.717) is 24.3 Å². The lowest BCUT2D eigenvalue weighted by molar-refractivity contribution is -0.145. The van der Waals surface area contributed by atoms with E-state index in [4.69, 9.17) is 0 Å². The number of hydrogen-bond acceptors (Lipinski definition) is 6. The molecule has 2 saturated heterocycles. The number of carbonyl (C=O) groups is 5. The van der Waals surface area contributed by atoms with Crippen molar-refractivity contribution in [2.24, 2.45) is 5.92 Å². The molecule has 3 aliphatic rings. The zero-order valence-corrected chi connectivity index (χ0v) is 21.8. The molecule has 1 aromatic carbocycles. The highest BCUT2D eigenvalue weighted by Gasteiger charge is 2.65. The smallest absolute Gasteiger partial charge is 0.267 e. The van der Waals surface area contributed by atoms with Gasteiger partial charge in [0.15, 0.2) is 0 Å². The maximum absolute atomic E-state index is 13.7. The van der Waals surface area contributed by atoms with Gasteiger partial charge in [0.25, 0.3) is 5.91 Å². The van der Waals surface area contributed by atoms with Gasteiger partial charge in [-0.15, -0.1) is 0 Å². The summed E-state index contributed by atoms with van der Waals surface area (Å²) < 4.78 is 0. The number of ketones is 2. The SMILES string of the molecule is C=C(NC)C(=O)N[C@H]1CCCC2CC23CC[C@@H](C(=O)NCc2cccc(C(C(C)=O)C(C)=O)c2)N3C1=O. The second-order valence-electron chi connectivity index (χ2n) is 10.6. The molecule has 9 heteroatoms. The first-order chi connectivity index (χ1) is 17.6. The molecule has 1 aliphatic carbocycles. The van der Waals surface area contributed by atoms with Crippen molar-refractivity contribution in [3.8, 4) is 0 Å². The average molecular weight is 509 g/mol. The van der Waals surface area contributed by atoms with Crippen molar-refractivity contribution < 1.29 is 24.0 Å². The average Bonchev–Trinajstić information content (AvgIpc) is 3.39. The summed E-state index contributed by atoms with van der Waals surface area (Å²) in [5, 5.41) is 8.48. The van der Waals surface area contributed by atoms with Crippen LogP contribution in [0.15, 0.2) is 36.5 Å². The van der Waals surface area contributed by atoms with Gasteiger partial charge >= 0.3 is 0 Å². The molecular weight excluding hydrogens is 472 g/mol. The van der Waals surface area contributed by atoms with E-state index in [1.54, 1.807) is 30.1 Å². The second-order valence-corrected chi connectivity index (χ2v) is 10.6. The quantitative estimate of drug-likeness (QED) is 0.345. The Bertz CT molecular complexity index is 1130. The molecule has 3 N–H and O–H groups in total. The van der Waals surface area contributed by atoms with Crippen LogP contribution in [0.3, 0.4) is 0 Å². The number of Topliss-reactive ketones (excluding diaryl/α,β-unsaturated/α-hetero) is 2. The highest BCUT2D eigenvalue weighted by Crippen LogP contribution is 2.59. The summed E-state index contributed by atoms with van der Waals surface area (Å²) in [5.74, 6) is -1.73. The van der Waals surface area contributed by atoms with Crippen molar-refractivity contribution in [1.82, 2.24) is 20.9 Å². The van der Waals surface area contributed by atoms with Crippen LogP contribution in [-0.4, -0.2) is 58.9 Å². The summed E-state index contributed by atoms with van der Waals surface area (Å²) in [5.41, 5.74) is 1.26. The summed E-state index contributed by atoms with van der Waals surface area (Å²) in [6.45, 7) is 6.68. The molecule has 3 fully saturated rings. The Morgan fingerprint density at radius 3 is 2.54 bits per heavy atom. The standard InChI is InChI=1S/C28H36N4O5/c1-16(29-4)25(35)31-22-10-6-9-21-14-28(21)12-11-23(32(28)27(22)37)26(36)30-15-19-7-5-8-20(13-19)24(17(2)33)18(3)34/h5,7-8,13,21-24,29H,1,6,9-12,14-15H2,2-4H3,(H,30,36)(H,31,35)/t21?,22-,23-,28?/m0/s1. The molecular formula is C28H36N4O5. The number of carbonyl (C=O) groups excluding carboxylic acids is 5. The first kappa shape index (κ1) is 26.6. The lowest BCUT2D eigenvalue weighted by Gasteiger charge is -2.36. The zero-order chi connectivity index (χ0) is 26.9. The molecule has 198 valence electrons. The Balaban J connectivity index is 1.48. The van der Waals surface area contributed by atoms with Gasteiger partial charge in [0, 0.05) is 19.1 Å². The molecule has 3 amide bonds. The summed E-state index contributed by atoms with van der Waals surface area (Å²) in [4.78, 5) is 65.2. The topological polar surface area (TPSA) is 125 Å². The van der Waals surface area contributed by atoms with Gasteiger partial charge in [0.05, 0.1) is 5.70 Å². The minimum atomic E-state index is -0.818. The van der Waals surface area contributed by atoms with Crippen LogP contribution in [0, 0.1) is 5.92 Å². The molecule has 2 unspecified atom stereocenters. The largest absolute Gasteiger partial charge is 0.384 e. The Morgan fingerprint density at radius 1 is 1.14 bits per heavy atom. The van der Waals surface area contributed by atoms with Gasteiger partial charge in [-0.1, -0.05) is 37.3 Å². The second kappa shape index (κ2) is 10.5. The predicted octanol–water partition coefficient (Wildman–Crippen LogP) is 1.72. The maximum Gasteiger partial charge on any atom is 0.267 e. The van der Waals surface area contributed by atoms with Crippen molar-refractivity contribution in [3.63, 3.8) is 0 Å². The van der Waals surface area contributed by atoms with Crippen molar-refractivity contribution in [1.29, 1.82) is 0 Å². The summed E-state index contributed by atoms with van der Waals surface area (Å²) in [6, 6.07) is 5.80. The van der Waals surface area contributed by atoms with Crippen LogP contribution >= 0.6 is 0 Å². The fourth-order valence-electron chi connectivity index (χ4n) is 6.21. The Hall–Kier alpha value is -3.49. The lowest BCUT2D eigenvalue weighted by atomic mass is 9.91. The molecule has 2 aliphatic heterocycles. The maximum atomic E-state index is 13.7. The van der Waals surface area contributed by atoms with Gasteiger partial charge in [-0.05, 0) is 63.0 Å². The van der Waals surface area contributed by atoms with Crippen LogP contribution in [0.25, 0.3) is 0 Å². The van der Waals surface area contributed by atoms with Crippen LogP contribution in [0.4, 0.5) is 0 Å². The number of rotatable bonds is 9. The van der Waals surface area contributed by atoms with Crippen molar-refractivity contribution >= 4 is 29.3 Å². The summed E-state index contributed by atoms with van der Waals surface area (Å²) in [6.07, 6.45) is 4.59. The number of hydrogen-bond donors (Lipinski definition) is 3. The highest BCUT2D eigenvalue weighted by molar-refractivity contribution is 6.05. The molecule has 4 atom stereocenters. The van der Waals surface area contributed by atoms with E-state index in [0.717, 1.165) is 31.2 Å². The normalized spacial score (nSPS) is 26.3. The van der Waals surface area contributed by atoms with Crippen LogP contribution in [0.1, 0.15) is 69.4 Å². The highest BCUT2D eigenvalue weighted by atomic mass is 16.2. The van der Waals surface area contributed by atoms with E-state index in [2.05, 4.69) is 22.5 Å². The number of nitrogens with one attached hydrogen (secondary N) is 3. The van der Waals surface area contributed by atoms with Gasteiger partial charge in [-0.2, -0.15) is 0 Å². The van der Waals surface area contributed by atoms with Crippen molar-refractivity contribution in [2.75, 3.05) is 7.05 Å². The zero-order valence-electron chi connectivity index (χ0n) is 21.8. The van der Waals surface area contributed by atoms with E-state index in [1.807, 2.05) is 6.07 Å². The van der Waals surface area contributed by atoms with Gasteiger partial charge in [0.2, 0.25) is 11.8 Å². The predicted molar refractivity (Wildman–Crippen MR) is 137 cm³/mol. The first-order valence-electron chi connectivity index (χ1n) is 13.0. The van der Waals surface area contributed by atoms with Crippen LogP contribution in [0.5, 0.6) is 0 Å². The summed E-state index contributed by atoms with van der Waals surface area (Å²) >= 11 is 0. The molecule has 0 aromatic heterocycles. The van der Waals surface area contributed by atoms with Gasteiger partial charge < -0.3 is 20.9 Å². The van der Waals surface area contributed by atoms with E-state index in [9.17, 15) is 24.0 Å². The molecule has 9 nitrogen and oxygen atoms in total. The van der Waals surface area contributed by atoms with Crippen LogP contribution in [-0.2, 0) is 30.5 Å². The molecule has 1 saturated carbocycles.